The maximum absolute atomic E-state index is 11.6. The van der Waals surface area contributed by atoms with E-state index in [0.717, 1.165) is 17.7 Å². The van der Waals surface area contributed by atoms with Crippen LogP contribution in [0.25, 0.3) is 0 Å². The Hall–Kier alpha value is -3.07. The number of carbonyl (C=O) groups is 1. The Balaban J connectivity index is 1.71. The predicted octanol–water partition coefficient (Wildman–Crippen LogP) is 5.47. The van der Waals surface area contributed by atoms with Gasteiger partial charge in [-0.15, -0.1) is 0 Å². The predicted molar refractivity (Wildman–Crippen MR) is 111 cm³/mol. The minimum atomic E-state index is -0.873. The molecule has 5 rings (SSSR count). The largest absolute Gasteiger partial charge is 0.478 e. The maximum atomic E-state index is 11.6. The summed E-state index contributed by atoms with van der Waals surface area (Å²) >= 11 is 0. The highest BCUT2D eigenvalue weighted by Crippen LogP contribution is 2.54. The van der Waals surface area contributed by atoms with E-state index in [4.69, 9.17) is 0 Å². The van der Waals surface area contributed by atoms with Crippen molar-refractivity contribution in [3.05, 3.63) is 99.6 Å². The van der Waals surface area contributed by atoms with Gasteiger partial charge < -0.3 is 10.4 Å². The highest BCUT2D eigenvalue weighted by molar-refractivity contribution is 5.89. The number of rotatable bonds is 2. The molecule has 0 unspecified atom stereocenters. The van der Waals surface area contributed by atoms with E-state index < -0.39 is 5.97 Å². The van der Waals surface area contributed by atoms with Gasteiger partial charge in [0.15, 0.2) is 0 Å². The highest BCUT2D eigenvalue weighted by atomic mass is 16.4. The Morgan fingerprint density at radius 3 is 2.61 bits per heavy atom. The summed E-state index contributed by atoms with van der Waals surface area (Å²) in [6.07, 6.45) is 1.00. The van der Waals surface area contributed by atoms with Crippen molar-refractivity contribution < 1.29 is 9.90 Å². The average Bonchev–Trinajstić information content (AvgIpc) is 3.08. The van der Waals surface area contributed by atoms with Gasteiger partial charge in [0.25, 0.3) is 0 Å². The molecule has 2 N–H and O–H groups in total. The van der Waals surface area contributed by atoms with Crippen LogP contribution >= 0.6 is 0 Å². The van der Waals surface area contributed by atoms with Gasteiger partial charge in [0.05, 0.1) is 11.6 Å². The van der Waals surface area contributed by atoms with Crippen LogP contribution in [0.3, 0.4) is 0 Å². The number of benzene rings is 3. The fraction of sp³-hybridized carbons (Fsp3) is 0.240. The molecule has 3 aromatic carbocycles. The molecule has 3 nitrogen and oxygen atoms in total. The van der Waals surface area contributed by atoms with Gasteiger partial charge in [0.1, 0.15) is 0 Å². The Kier molecular flexibility index (Phi) is 3.80. The first-order chi connectivity index (χ1) is 13.5. The molecule has 0 saturated heterocycles. The van der Waals surface area contributed by atoms with Gasteiger partial charge in [0, 0.05) is 11.6 Å². The fourth-order valence-electron chi connectivity index (χ4n) is 5.10. The van der Waals surface area contributed by atoms with Crippen LogP contribution in [0.5, 0.6) is 0 Å². The van der Waals surface area contributed by atoms with E-state index in [2.05, 4.69) is 61.6 Å². The molecule has 2 aliphatic rings. The number of hydrogen-bond donors (Lipinski definition) is 2. The Morgan fingerprint density at radius 1 is 0.964 bits per heavy atom. The number of aryl methyl sites for hydroxylation is 2. The van der Waals surface area contributed by atoms with E-state index in [0.29, 0.717) is 11.5 Å². The second-order valence-electron chi connectivity index (χ2n) is 8.13. The number of anilines is 1. The van der Waals surface area contributed by atoms with Crippen molar-refractivity contribution in [3.8, 4) is 0 Å². The number of carboxylic acid groups (broad SMARTS) is 1. The van der Waals surface area contributed by atoms with Gasteiger partial charge >= 0.3 is 5.97 Å². The summed E-state index contributed by atoms with van der Waals surface area (Å²) in [5.74, 6) is -0.284. The number of hydrogen-bond acceptors (Lipinski definition) is 2. The third kappa shape index (κ3) is 2.54. The van der Waals surface area contributed by atoms with Crippen LogP contribution in [0.15, 0.2) is 60.7 Å². The zero-order valence-corrected chi connectivity index (χ0v) is 16.1. The van der Waals surface area contributed by atoms with Crippen LogP contribution in [-0.4, -0.2) is 11.1 Å². The normalized spacial score (nSPS) is 22.0. The molecule has 0 aromatic heterocycles. The van der Waals surface area contributed by atoms with Gasteiger partial charge in [-0.3, -0.25) is 0 Å². The molecule has 3 aromatic rings. The molecule has 0 radical (unpaired) electrons. The maximum Gasteiger partial charge on any atom is 0.335 e. The van der Waals surface area contributed by atoms with E-state index in [9.17, 15) is 9.90 Å². The van der Waals surface area contributed by atoms with Crippen molar-refractivity contribution in [2.24, 2.45) is 5.92 Å². The van der Waals surface area contributed by atoms with Crippen LogP contribution < -0.4 is 5.32 Å². The quantitative estimate of drug-likeness (QED) is 0.629. The van der Waals surface area contributed by atoms with Crippen molar-refractivity contribution in [1.82, 2.24) is 0 Å². The van der Waals surface area contributed by atoms with Crippen molar-refractivity contribution in [1.29, 1.82) is 0 Å². The molecule has 1 heterocycles. The summed E-state index contributed by atoms with van der Waals surface area (Å²) < 4.78 is 0. The molecule has 1 aliphatic carbocycles. The highest BCUT2D eigenvalue weighted by Gasteiger charge is 2.43. The smallest absolute Gasteiger partial charge is 0.335 e. The molecule has 0 fully saturated rings. The molecule has 0 amide bonds. The standard InChI is InChI=1S/C25H23NO2/c1-14-7-8-15(2)19(11-14)24-21-12-16-5-3-4-6-18(16)23(21)20-13-17(25(27)28)9-10-22(20)26-24/h3-11,13,21,23-24,26H,12H2,1-2H3,(H,27,28)/t21-,23+,24-/m0/s1. The van der Waals surface area contributed by atoms with Crippen LogP contribution in [0.4, 0.5) is 5.69 Å². The summed E-state index contributed by atoms with van der Waals surface area (Å²) in [4.78, 5) is 11.6. The first kappa shape index (κ1) is 17.1. The lowest BCUT2D eigenvalue weighted by atomic mass is 9.74. The Labute approximate surface area is 165 Å². The molecule has 0 saturated carbocycles. The molecule has 3 atom stereocenters. The molecule has 0 spiro atoms. The summed E-state index contributed by atoms with van der Waals surface area (Å²) in [7, 11) is 0. The number of fused-ring (bicyclic) bond motifs is 5. The first-order valence-electron chi connectivity index (χ1n) is 9.81. The molecular formula is C25H23NO2. The average molecular weight is 369 g/mol. The first-order valence-corrected chi connectivity index (χ1v) is 9.81. The van der Waals surface area contributed by atoms with Crippen LogP contribution in [0, 0.1) is 19.8 Å². The van der Waals surface area contributed by atoms with Gasteiger partial charge in [-0.05, 0) is 72.2 Å². The Bertz CT molecular complexity index is 1100. The zero-order chi connectivity index (χ0) is 19.4. The van der Waals surface area contributed by atoms with Gasteiger partial charge in [0.2, 0.25) is 0 Å². The summed E-state index contributed by atoms with van der Waals surface area (Å²) in [6, 6.07) is 21.0. The van der Waals surface area contributed by atoms with E-state index in [-0.39, 0.29) is 12.0 Å². The SMILES string of the molecule is Cc1ccc(C)c([C@@H]2Nc3ccc(C(=O)O)cc3[C@H]3c4ccccc4C[C@@H]32)c1. The van der Waals surface area contributed by atoms with Crippen molar-refractivity contribution in [2.45, 2.75) is 32.2 Å². The van der Waals surface area contributed by atoms with Crippen LogP contribution in [-0.2, 0) is 6.42 Å². The fourth-order valence-corrected chi connectivity index (χ4v) is 5.10. The van der Waals surface area contributed by atoms with E-state index in [1.54, 1.807) is 6.07 Å². The van der Waals surface area contributed by atoms with Crippen molar-refractivity contribution >= 4 is 11.7 Å². The van der Waals surface area contributed by atoms with Crippen molar-refractivity contribution in [3.63, 3.8) is 0 Å². The third-order valence-electron chi connectivity index (χ3n) is 6.42. The molecular weight excluding hydrogens is 346 g/mol. The lowest BCUT2D eigenvalue weighted by Crippen LogP contribution is -2.31. The number of aromatic carboxylic acids is 1. The summed E-state index contributed by atoms with van der Waals surface area (Å²) in [5.41, 5.74) is 9.14. The number of nitrogens with one attached hydrogen (secondary N) is 1. The minimum absolute atomic E-state index is 0.209. The zero-order valence-electron chi connectivity index (χ0n) is 16.1. The van der Waals surface area contributed by atoms with E-state index in [1.165, 1.54) is 27.8 Å². The van der Waals surface area contributed by atoms with Gasteiger partial charge in [-0.1, -0.05) is 48.0 Å². The molecule has 28 heavy (non-hydrogen) atoms. The second kappa shape index (κ2) is 6.23. The van der Waals surface area contributed by atoms with E-state index >= 15 is 0 Å². The molecule has 3 heteroatoms. The second-order valence-corrected chi connectivity index (χ2v) is 8.13. The van der Waals surface area contributed by atoms with Gasteiger partial charge in [-0.2, -0.15) is 0 Å². The molecule has 0 bridgehead atoms. The third-order valence-corrected chi connectivity index (χ3v) is 6.42. The summed E-state index contributed by atoms with van der Waals surface area (Å²) in [6.45, 7) is 4.32. The monoisotopic (exact) mass is 369 g/mol. The lowest BCUT2D eigenvalue weighted by molar-refractivity contribution is 0.0696. The van der Waals surface area contributed by atoms with Gasteiger partial charge in [-0.25, -0.2) is 4.79 Å². The lowest BCUT2D eigenvalue weighted by Gasteiger charge is -2.39. The summed E-state index contributed by atoms with van der Waals surface area (Å²) in [5, 5.41) is 13.3. The Morgan fingerprint density at radius 2 is 1.79 bits per heavy atom. The van der Waals surface area contributed by atoms with Crippen LogP contribution in [0.2, 0.25) is 0 Å². The molecule has 140 valence electrons. The topological polar surface area (TPSA) is 49.3 Å². The van der Waals surface area contributed by atoms with E-state index in [1.807, 2.05) is 12.1 Å². The van der Waals surface area contributed by atoms with Crippen LogP contribution in [0.1, 0.15) is 55.7 Å². The molecule has 1 aliphatic heterocycles. The van der Waals surface area contributed by atoms with Crippen molar-refractivity contribution in [2.75, 3.05) is 5.32 Å². The number of carboxylic acids is 1. The minimum Gasteiger partial charge on any atom is -0.478 e.